The maximum absolute atomic E-state index is 12.7. The lowest BCUT2D eigenvalue weighted by Gasteiger charge is -2.20. The van der Waals surface area contributed by atoms with Gasteiger partial charge in [0.1, 0.15) is 0 Å². The molecule has 0 spiro atoms. The first-order chi connectivity index (χ1) is 10.8. The Labute approximate surface area is 147 Å². The molecule has 0 aliphatic rings. The third-order valence-electron chi connectivity index (χ3n) is 3.78. The van der Waals surface area contributed by atoms with Crippen molar-refractivity contribution in [2.45, 2.75) is 39.5 Å². The van der Waals surface area contributed by atoms with Crippen molar-refractivity contribution in [2.75, 3.05) is 5.32 Å². The Kier molecular flexibility index (Phi) is 5.72. The number of benzene rings is 2. The second kappa shape index (κ2) is 7.37. The third kappa shape index (κ3) is 4.07. The normalized spacial score (nSPS) is 11.1. The molecule has 23 heavy (non-hydrogen) atoms. The number of carbonyl (C=O) groups is 1. The highest BCUT2D eigenvalue weighted by molar-refractivity contribution is 6.36. The number of hydrogen-bond acceptors (Lipinski definition) is 1. The fourth-order valence-corrected chi connectivity index (χ4v) is 2.92. The Hall–Kier alpha value is -1.51. The van der Waals surface area contributed by atoms with Crippen LogP contribution in [0.15, 0.2) is 36.4 Å². The van der Waals surface area contributed by atoms with E-state index in [0.717, 1.165) is 16.8 Å². The third-order valence-corrected chi connectivity index (χ3v) is 4.35. The predicted octanol–water partition coefficient (Wildman–Crippen LogP) is 6.49. The summed E-state index contributed by atoms with van der Waals surface area (Å²) in [7, 11) is 0. The largest absolute Gasteiger partial charge is 0.321 e. The highest BCUT2D eigenvalue weighted by Crippen LogP contribution is 2.33. The Morgan fingerprint density at radius 2 is 1.52 bits per heavy atom. The summed E-state index contributed by atoms with van der Waals surface area (Å²) in [6.45, 7) is 8.45. The van der Waals surface area contributed by atoms with E-state index in [0.29, 0.717) is 27.4 Å². The molecule has 0 atom stereocenters. The van der Waals surface area contributed by atoms with Gasteiger partial charge in [-0.1, -0.05) is 69.1 Å². The van der Waals surface area contributed by atoms with E-state index < -0.39 is 0 Å². The van der Waals surface area contributed by atoms with E-state index >= 15 is 0 Å². The molecular weight excluding hydrogens is 329 g/mol. The average Bonchev–Trinajstić information content (AvgIpc) is 2.49. The second-order valence-corrected chi connectivity index (χ2v) is 7.04. The minimum absolute atomic E-state index is 0.243. The van der Waals surface area contributed by atoms with Crippen LogP contribution < -0.4 is 5.32 Å². The van der Waals surface area contributed by atoms with Gasteiger partial charge in [0.15, 0.2) is 0 Å². The summed E-state index contributed by atoms with van der Waals surface area (Å²) in [6.07, 6.45) is 0. The average molecular weight is 350 g/mol. The van der Waals surface area contributed by atoms with Crippen LogP contribution in [0.4, 0.5) is 5.69 Å². The van der Waals surface area contributed by atoms with Gasteiger partial charge in [0.2, 0.25) is 0 Å². The number of carbonyl (C=O) groups excluding carboxylic acids is 1. The lowest BCUT2D eigenvalue weighted by atomic mass is 9.92. The first kappa shape index (κ1) is 17.8. The van der Waals surface area contributed by atoms with Gasteiger partial charge >= 0.3 is 0 Å². The lowest BCUT2D eigenvalue weighted by Crippen LogP contribution is -2.16. The first-order valence-corrected chi connectivity index (χ1v) is 8.46. The Balaban J connectivity index is 2.46. The molecule has 2 rings (SSSR count). The number of anilines is 1. The molecular formula is C19H21Cl2NO. The number of rotatable bonds is 4. The highest BCUT2D eigenvalue weighted by Gasteiger charge is 2.18. The predicted molar refractivity (Wildman–Crippen MR) is 99.0 cm³/mol. The van der Waals surface area contributed by atoms with Crippen LogP contribution in [0.25, 0.3) is 0 Å². The summed E-state index contributed by atoms with van der Waals surface area (Å²) in [5.74, 6) is 0.366. The SMILES string of the molecule is CC(C)c1cccc(C(C)C)c1NC(=O)c1cc(Cl)ccc1Cl. The summed E-state index contributed by atoms with van der Waals surface area (Å²) in [5.41, 5.74) is 3.48. The molecule has 0 unspecified atom stereocenters. The van der Waals surface area contributed by atoms with Crippen molar-refractivity contribution < 1.29 is 4.79 Å². The van der Waals surface area contributed by atoms with Crippen LogP contribution in [-0.4, -0.2) is 5.91 Å². The maximum Gasteiger partial charge on any atom is 0.257 e. The van der Waals surface area contributed by atoms with Crippen molar-refractivity contribution in [1.82, 2.24) is 0 Å². The van der Waals surface area contributed by atoms with E-state index in [1.54, 1.807) is 18.2 Å². The molecule has 0 aromatic heterocycles. The standard InChI is InChI=1S/C19H21Cl2NO/c1-11(2)14-6-5-7-15(12(3)4)18(14)22-19(23)16-10-13(20)8-9-17(16)21/h5-12H,1-4H3,(H,22,23). The summed E-state index contributed by atoms with van der Waals surface area (Å²) in [6, 6.07) is 11.0. The Morgan fingerprint density at radius 1 is 0.957 bits per heavy atom. The van der Waals surface area contributed by atoms with E-state index in [1.807, 2.05) is 18.2 Å². The van der Waals surface area contributed by atoms with Gasteiger partial charge in [-0.15, -0.1) is 0 Å². The van der Waals surface area contributed by atoms with Crippen molar-refractivity contribution in [3.8, 4) is 0 Å². The Morgan fingerprint density at radius 3 is 2.04 bits per heavy atom. The molecule has 0 aliphatic heterocycles. The first-order valence-electron chi connectivity index (χ1n) is 7.70. The summed E-state index contributed by atoms with van der Waals surface area (Å²) < 4.78 is 0. The zero-order valence-electron chi connectivity index (χ0n) is 13.8. The minimum atomic E-state index is -0.243. The topological polar surface area (TPSA) is 29.1 Å². The maximum atomic E-state index is 12.7. The monoisotopic (exact) mass is 349 g/mol. The van der Waals surface area contributed by atoms with E-state index in [1.165, 1.54) is 0 Å². The van der Waals surface area contributed by atoms with Crippen LogP contribution in [0.5, 0.6) is 0 Å². The van der Waals surface area contributed by atoms with Crippen LogP contribution in [0.3, 0.4) is 0 Å². The quantitative estimate of drug-likeness (QED) is 0.671. The molecule has 0 aliphatic carbocycles. The number of nitrogens with one attached hydrogen (secondary N) is 1. The molecule has 2 nitrogen and oxygen atoms in total. The van der Waals surface area contributed by atoms with Gasteiger partial charge in [0.25, 0.3) is 5.91 Å². The molecule has 0 radical (unpaired) electrons. The van der Waals surface area contributed by atoms with Gasteiger partial charge in [-0.25, -0.2) is 0 Å². The van der Waals surface area contributed by atoms with Crippen molar-refractivity contribution in [2.24, 2.45) is 0 Å². The van der Waals surface area contributed by atoms with Gasteiger partial charge < -0.3 is 5.32 Å². The second-order valence-electron chi connectivity index (χ2n) is 6.20. The van der Waals surface area contributed by atoms with Gasteiger partial charge in [0, 0.05) is 10.7 Å². The van der Waals surface area contributed by atoms with Crippen molar-refractivity contribution in [1.29, 1.82) is 0 Å². The van der Waals surface area contributed by atoms with E-state index in [4.69, 9.17) is 23.2 Å². The number of halogens is 2. The number of hydrogen-bond donors (Lipinski definition) is 1. The zero-order valence-corrected chi connectivity index (χ0v) is 15.3. The van der Waals surface area contributed by atoms with Crippen molar-refractivity contribution in [3.63, 3.8) is 0 Å². The molecule has 0 fully saturated rings. The number of amides is 1. The smallest absolute Gasteiger partial charge is 0.257 e. The van der Waals surface area contributed by atoms with Crippen LogP contribution in [0.1, 0.15) is 61.0 Å². The van der Waals surface area contributed by atoms with Gasteiger partial charge in [-0.2, -0.15) is 0 Å². The molecule has 0 bridgehead atoms. The van der Waals surface area contributed by atoms with E-state index in [9.17, 15) is 4.79 Å². The van der Waals surface area contributed by atoms with Gasteiger partial charge in [0.05, 0.1) is 10.6 Å². The fourth-order valence-electron chi connectivity index (χ4n) is 2.55. The van der Waals surface area contributed by atoms with Gasteiger partial charge in [-0.05, 0) is 41.2 Å². The molecule has 122 valence electrons. The summed E-state index contributed by atoms with van der Waals surface area (Å²) in [5, 5.41) is 3.92. The molecule has 0 heterocycles. The molecule has 0 saturated heterocycles. The van der Waals surface area contributed by atoms with Crippen molar-refractivity contribution in [3.05, 3.63) is 63.1 Å². The van der Waals surface area contributed by atoms with E-state index in [2.05, 4.69) is 33.0 Å². The molecule has 1 N–H and O–H groups in total. The zero-order chi connectivity index (χ0) is 17.1. The summed E-state index contributed by atoms with van der Waals surface area (Å²) >= 11 is 12.1. The molecule has 2 aromatic rings. The fraction of sp³-hybridized carbons (Fsp3) is 0.316. The van der Waals surface area contributed by atoms with Crippen molar-refractivity contribution >= 4 is 34.8 Å². The van der Waals surface area contributed by atoms with E-state index in [-0.39, 0.29) is 5.91 Å². The van der Waals surface area contributed by atoms with Crippen LogP contribution in [-0.2, 0) is 0 Å². The molecule has 4 heteroatoms. The van der Waals surface area contributed by atoms with Gasteiger partial charge in [-0.3, -0.25) is 4.79 Å². The molecule has 1 amide bonds. The van der Waals surface area contributed by atoms with Crippen LogP contribution in [0.2, 0.25) is 10.0 Å². The minimum Gasteiger partial charge on any atom is -0.321 e. The summed E-state index contributed by atoms with van der Waals surface area (Å²) in [4.78, 5) is 12.7. The lowest BCUT2D eigenvalue weighted by molar-refractivity contribution is 0.102. The Bertz CT molecular complexity index is 697. The highest BCUT2D eigenvalue weighted by atomic mass is 35.5. The number of para-hydroxylation sites is 1. The molecule has 2 aromatic carbocycles. The molecule has 0 saturated carbocycles. The van der Waals surface area contributed by atoms with Crippen LogP contribution >= 0.6 is 23.2 Å². The van der Waals surface area contributed by atoms with Crippen LogP contribution in [0, 0.1) is 0 Å².